The lowest BCUT2D eigenvalue weighted by Gasteiger charge is -2.30. The van der Waals surface area contributed by atoms with Gasteiger partial charge in [-0.2, -0.15) is 0 Å². The van der Waals surface area contributed by atoms with Crippen molar-refractivity contribution >= 4 is 5.97 Å². The van der Waals surface area contributed by atoms with E-state index in [1.54, 1.807) is 0 Å². The van der Waals surface area contributed by atoms with Crippen LogP contribution < -0.4 is 0 Å². The van der Waals surface area contributed by atoms with E-state index in [1.807, 2.05) is 0 Å². The third kappa shape index (κ3) is 1.99. The number of methoxy groups -OCH3 is 1. The number of esters is 1. The molecule has 2 heteroatoms. The van der Waals surface area contributed by atoms with Crippen molar-refractivity contribution in [3.63, 3.8) is 0 Å². The van der Waals surface area contributed by atoms with Crippen LogP contribution in [-0.4, -0.2) is 13.1 Å². The lowest BCUT2D eigenvalue weighted by Crippen LogP contribution is -2.27. The monoisotopic (exact) mass is 170 g/mol. The number of ether oxygens (including phenoxy) is 1. The van der Waals surface area contributed by atoms with Gasteiger partial charge in [0.2, 0.25) is 0 Å². The van der Waals surface area contributed by atoms with Gasteiger partial charge in [-0.05, 0) is 31.1 Å². The van der Waals surface area contributed by atoms with E-state index < -0.39 is 0 Å². The topological polar surface area (TPSA) is 26.3 Å². The van der Waals surface area contributed by atoms with Crippen molar-refractivity contribution in [1.82, 2.24) is 0 Å². The molecule has 12 heavy (non-hydrogen) atoms. The van der Waals surface area contributed by atoms with Crippen molar-refractivity contribution in [2.24, 2.45) is 17.8 Å². The molecule has 0 aromatic heterocycles. The van der Waals surface area contributed by atoms with Gasteiger partial charge in [-0.3, -0.25) is 4.79 Å². The van der Waals surface area contributed by atoms with Gasteiger partial charge in [0.15, 0.2) is 0 Å². The molecule has 2 nitrogen and oxygen atoms in total. The Bertz CT molecular complexity index is 165. The first-order valence-corrected chi connectivity index (χ1v) is 4.73. The highest BCUT2D eigenvalue weighted by atomic mass is 16.5. The highest BCUT2D eigenvalue weighted by Crippen LogP contribution is 2.33. The van der Waals surface area contributed by atoms with Gasteiger partial charge in [0.05, 0.1) is 13.0 Å². The molecule has 0 heterocycles. The van der Waals surface area contributed by atoms with Gasteiger partial charge in [-0.1, -0.05) is 13.8 Å². The Morgan fingerprint density at radius 2 is 1.92 bits per heavy atom. The summed E-state index contributed by atoms with van der Waals surface area (Å²) in [6, 6.07) is 0. The van der Waals surface area contributed by atoms with Gasteiger partial charge in [0, 0.05) is 0 Å². The SMILES string of the molecule is COC(=O)[C@H]1CC[C@H](C)[C@H](C)C1. The summed E-state index contributed by atoms with van der Waals surface area (Å²) in [5, 5.41) is 0. The second-order valence-corrected chi connectivity index (χ2v) is 3.99. The van der Waals surface area contributed by atoms with Crippen LogP contribution in [0.3, 0.4) is 0 Å². The summed E-state index contributed by atoms with van der Waals surface area (Å²) in [6.07, 6.45) is 3.19. The minimum absolute atomic E-state index is 0.0197. The van der Waals surface area contributed by atoms with Crippen molar-refractivity contribution in [1.29, 1.82) is 0 Å². The first-order valence-electron chi connectivity index (χ1n) is 4.73. The van der Waals surface area contributed by atoms with E-state index in [-0.39, 0.29) is 11.9 Å². The fourth-order valence-electron chi connectivity index (χ4n) is 1.93. The zero-order valence-electron chi connectivity index (χ0n) is 8.17. The third-order valence-electron chi connectivity index (χ3n) is 3.13. The molecule has 1 aliphatic carbocycles. The summed E-state index contributed by atoms with van der Waals surface area (Å²) in [5.74, 6) is 1.59. The predicted octanol–water partition coefficient (Wildman–Crippen LogP) is 2.23. The zero-order chi connectivity index (χ0) is 9.14. The maximum atomic E-state index is 11.2. The van der Waals surface area contributed by atoms with Crippen LogP contribution in [0.2, 0.25) is 0 Å². The van der Waals surface area contributed by atoms with Gasteiger partial charge in [0.1, 0.15) is 0 Å². The van der Waals surface area contributed by atoms with Crippen molar-refractivity contribution < 1.29 is 9.53 Å². The largest absolute Gasteiger partial charge is 0.469 e. The average molecular weight is 170 g/mol. The molecule has 1 aliphatic rings. The van der Waals surface area contributed by atoms with Gasteiger partial charge < -0.3 is 4.74 Å². The Kier molecular flexibility index (Phi) is 3.12. The standard InChI is InChI=1S/C10H18O2/c1-7-4-5-9(6-8(7)2)10(11)12-3/h7-9H,4-6H2,1-3H3/t7-,8+,9-/m0/s1. The van der Waals surface area contributed by atoms with Crippen LogP contribution in [0.25, 0.3) is 0 Å². The summed E-state index contributed by atoms with van der Waals surface area (Å²) < 4.78 is 4.73. The number of rotatable bonds is 1. The fourth-order valence-corrected chi connectivity index (χ4v) is 1.93. The maximum absolute atomic E-state index is 11.2. The molecule has 70 valence electrons. The summed E-state index contributed by atoms with van der Waals surface area (Å²) in [7, 11) is 1.48. The highest BCUT2D eigenvalue weighted by Gasteiger charge is 2.29. The molecule has 1 fully saturated rings. The molecule has 0 aromatic carbocycles. The summed E-state index contributed by atoms with van der Waals surface area (Å²) in [6.45, 7) is 4.48. The molecule has 1 rings (SSSR count). The molecule has 0 bridgehead atoms. The lowest BCUT2D eigenvalue weighted by molar-refractivity contribution is -0.147. The van der Waals surface area contributed by atoms with E-state index in [0.717, 1.165) is 18.8 Å². The lowest BCUT2D eigenvalue weighted by atomic mass is 9.76. The van der Waals surface area contributed by atoms with E-state index in [2.05, 4.69) is 13.8 Å². The van der Waals surface area contributed by atoms with E-state index in [0.29, 0.717) is 5.92 Å². The number of hydrogen-bond donors (Lipinski definition) is 0. The second-order valence-electron chi connectivity index (χ2n) is 3.99. The molecule has 0 radical (unpaired) electrons. The normalized spacial score (nSPS) is 36.1. The smallest absolute Gasteiger partial charge is 0.308 e. The fraction of sp³-hybridized carbons (Fsp3) is 0.900. The molecule has 3 atom stereocenters. The summed E-state index contributed by atoms with van der Waals surface area (Å²) >= 11 is 0. The number of carbonyl (C=O) groups is 1. The molecule has 0 aromatic rings. The Morgan fingerprint density at radius 1 is 1.25 bits per heavy atom. The van der Waals surface area contributed by atoms with Crippen molar-refractivity contribution in [2.45, 2.75) is 33.1 Å². The van der Waals surface area contributed by atoms with Crippen molar-refractivity contribution in [3.8, 4) is 0 Å². The molecule has 0 saturated heterocycles. The predicted molar refractivity (Wildman–Crippen MR) is 47.7 cm³/mol. The van der Waals surface area contributed by atoms with Crippen LogP contribution in [0.5, 0.6) is 0 Å². The Hall–Kier alpha value is -0.530. The van der Waals surface area contributed by atoms with Crippen LogP contribution in [-0.2, 0) is 9.53 Å². The first-order chi connectivity index (χ1) is 5.65. The molecule has 0 amide bonds. The first kappa shape index (κ1) is 9.56. The van der Waals surface area contributed by atoms with E-state index in [9.17, 15) is 4.79 Å². The summed E-state index contributed by atoms with van der Waals surface area (Å²) in [5.41, 5.74) is 0. The van der Waals surface area contributed by atoms with E-state index >= 15 is 0 Å². The van der Waals surface area contributed by atoms with Crippen molar-refractivity contribution in [3.05, 3.63) is 0 Å². The second kappa shape index (κ2) is 3.92. The Morgan fingerprint density at radius 3 is 2.42 bits per heavy atom. The average Bonchev–Trinajstić information content (AvgIpc) is 2.08. The molecular formula is C10H18O2. The van der Waals surface area contributed by atoms with E-state index in [4.69, 9.17) is 4.74 Å². The summed E-state index contributed by atoms with van der Waals surface area (Å²) in [4.78, 5) is 11.2. The molecule has 0 unspecified atom stereocenters. The highest BCUT2D eigenvalue weighted by molar-refractivity contribution is 5.72. The quantitative estimate of drug-likeness (QED) is 0.564. The molecule has 0 N–H and O–H groups in total. The number of hydrogen-bond acceptors (Lipinski definition) is 2. The molecule has 0 spiro atoms. The zero-order valence-corrected chi connectivity index (χ0v) is 8.17. The van der Waals surface area contributed by atoms with Crippen LogP contribution in [0.4, 0.5) is 0 Å². The van der Waals surface area contributed by atoms with Crippen LogP contribution in [0.1, 0.15) is 33.1 Å². The third-order valence-corrected chi connectivity index (χ3v) is 3.13. The number of carbonyl (C=O) groups excluding carboxylic acids is 1. The molecule has 1 saturated carbocycles. The van der Waals surface area contributed by atoms with Crippen molar-refractivity contribution in [2.75, 3.05) is 7.11 Å². The van der Waals surface area contributed by atoms with Crippen LogP contribution in [0, 0.1) is 17.8 Å². The Balaban J connectivity index is 2.45. The Labute approximate surface area is 74.3 Å². The minimum atomic E-state index is -0.0197. The van der Waals surface area contributed by atoms with Gasteiger partial charge in [-0.15, -0.1) is 0 Å². The molecular weight excluding hydrogens is 152 g/mol. The van der Waals surface area contributed by atoms with Gasteiger partial charge in [-0.25, -0.2) is 0 Å². The maximum Gasteiger partial charge on any atom is 0.308 e. The van der Waals surface area contributed by atoms with Gasteiger partial charge >= 0.3 is 5.97 Å². The van der Waals surface area contributed by atoms with Gasteiger partial charge in [0.25, 0.3) is 0 Å². The minimum Gasteiger partial charge on any atom is -0.469 e. The van der Waals surface area contributed by atoms with Crippen LogP contribution >= 0.6 is 0 Å². The van der Waals surface area contributed by atoms with E-state index in [1.165, 1.54) is 13.5 Å². The molecule has 0 aliphatic heterocycles. The van der Waals surface area contributed by atoms with Crippen LogP contribution in [0.15, 0.2) is 0 Å².